The van der Waals surface area contributed by atoms with Gasteiger partial charge in [-0.05, 0) is 12.0 Å². The van der Waals surface area contributed by atoms with Gasteiger partial charge in [-0.25, -0.2) is 0 Å². The van der Waals surface area contributed by atoms with Crippen molar-refractivity contribution < 1.29 is 14.6 Å². The van der Waals surface area contributed by atoms with E-state index in [1.165, 1.54) is 6.20 Å². The van der Waals surface area contributed by atoms with Crippen LogP contribution in [0.25, 0.3) is 0 Å². The number of pyridine rings is 1. The van der Waals surface area contributed by atoms with E-state index in [2.05, 4.69) is 22.1 Å². The summed E-state index contributed by atoms with van der Waals surface area (Å²) in [5.74, 6) is 5.75. The Bertz CT molecular complexity index is 518. The molecule has 0 fully saturated rings. The molecule has 1 heterocycles. The summed E-state index contributed by atoms with van der Waals surface area (Å²) in [5, 5.41) is 11.6. The molecule has 0 aliphatic rings. The number of aliphatic hydroxyl groups is 1. The Morgan fingerprint density at radius 2 is 2.24 bits per heavy atom. The molecular weight excluding hydrogens is 268 g/mol. The lowest BCUT2D eigenvalue weighted by Gasteiger charge is -2.21. The van der Waals surface area contributed by atoms with Crippen molar-refractivity contribution in [2.45, 2.75) is 26.3 Å². The summed E-state index contributed by atoms with van der Waals surface area (Å²) in [5.41, 5.74) is 1.12. The first kappa shape index (κ1) is 17.2. The van der Waals surface area contributed by atoms with Crippen molar-refractivity contribution in [1.29, 1.82) is 0 Å². The van der Waals surface area contributed by atoms with Crippen LogP contribution in [0.2, 0.25) is 0 Å². The van der Waals surface area contributed by atoms with Gasteiger partial charge in [0.15, 0.2) is 0 Å². The number of ether oxygens (including phenoxy) is 1. The van der Waals surface area contributed by atoms with E-state index in [9.17, 15) is 4.79 Å². The lowest BCUT2D eigenvalue weighted by molar-refractivity contribution is 0.0866. The second kappa shape index (κ2) is 9.11. The lowest BCUT2D eigenvalue weighted by atomic mass is 10.0. The van der Waals surface area contributed by atoms with Crippen LogP contribution in [0.4, 0.5) is 0 Å². The maximum Gasteiger partial charge on any atom is 0.253 e. The molecule has 1 unspecified atom stereocenters. The Labute approximate surface area is 125 Å². The zero-order valence-corrected chi connectivity index (χ0v) is 12.7. The fraction of sp³-hybridized carbons (Fsp3) is 0.500. The van der Waals surface area contributed by atoms with Crippen molar-refractivity contribution >= 4 is 5.91 Å². The Hall–Kier alpha value is -1.90. The zero-order valence-electron chi connectivity index (χ0n) is 12.7. The number of nitrogens with zero attached hydrogens (tertiary/aromatic N) is 1. The van der Waals surface area contributed by atoms with Crippen LogP contribution in [-0.2, 0) is 4.74 Å². The van der Waals surface area contributed by atoms with E-state index in [0.717, 1.165) is 0 Å². The normalized spacial score (nSPS) is 11.7. The molecule has 5 heteroatoms. The van der Waals surface area contributed by atoms with E-state index in [1.807, 2.05) is 13.8 Å². The maximum absolute atomic E-state index is 12.2. The highest BCUT2D eigenvalue weighted by atomic mass is 16.5. The van der Waals surface area contributed by atoms with Gasteiger partial charge in [-0.3, -0.25) is 9.78 Å². The molecule has 0 aliphatic carbocycles. The number of amides is 1. The quantitative estimate of drug-likeness (QED) is 0.773. The van der Waals surface area contributed by atoms with Gasteiger partial charge >= 0.3 is 0 Å². The number of hydrogen-bond donors (Lipinski definition) is 2. The summed E-state index contributed by atoms with van der Waals surface area (Å²) in [4.78, 5) is 16.2. The van der Waals surface area contributed by atoms with E-state index in [0.29, 0.717) is 24.2 Å². The van der Waals surface area contributed by atoms with Crippen molar-refractivity contribution in [3.8, 4) is 11.8 Å². The van der Waals surface area contributed by atoms with Gasteiger partial charge < -0.3 is 15.2 Å². The molecule has 5 nitrogen and oxygen atoms in total. The van der Waals surface area contributed by atoms with Crippen LogP contribution in [-0.4, -0.2) is 42.4 Å². The number of nitrogens with one attached hydrogen (secondary N) is 1. The van der Waals surface area contributed by atoms with E-state index < -0.39 is 0 Å². The largest absolute Gasteiger partial charge is 0.395 e. The van der Waals surface area contributed by atoms with Crippen LogP contribution >= 0.6 is 0 Å². The molecule has 1 amide bonds. The summed E-state index contributed by atoms with van der Waals surface area (Å²) >= 11 is 0. The Balaban J connectivity index is 2.78. The Kier molecular flexibility index (Phi) is 7.44. The first-order chi connectivity index (χ1) is 10.1. The number of aliphatic hydroxyl groups excluding tert-OH is 1. The molecule has 21 heavy (non-hydrogen) atoms. The van der Waals surface area contributed by atoms with E-state index in [1.54, 1.807) is 19.4 Å². The van der Waals surface area contributed by atoms with Gasteiger partial charge in [-0.2, -0.15) is 0 Å². The molecule has 1 atom stereocenters. The fourth-order valence-corrected chi connectivity index (χ4v) is 1.68. The van der Waals surface area contributed by atoms with E-state index in [4.69, 9.17) is 9.84 Å². The molecule has 0 saturated carbocycles. The summed E-state index contributed by atoms with van der Waals surface area (Å²) in [7, 11) is 1.61. The second-order valence-corrected chi connectivity index (χ2v) is 5.02. The molecule has 114 valence electrons. The summed E-state index contributed by atoms with van der Waals surface area (Å²) in [6.07, 6.45) is 3.51. The maximum atomic E-state index is 12.2. The van der Waals surface area contributed by atoms with Gasteiger partial charge in [0.25, 0.3) is 5.91 Å². The summed E-state index contributed by atoms with van der Waals surface area (Å²) in [6, 6.07) is 1.64. The van der Waals surface area contributed by atoms with Crippen molar-refractivity contribution in [2.75, 3.05) is 20.3 Å². The fourth-order valence-electron chi connectivity index (χ4n) is 1.68. The second-order valence-electron chi connectivity index (χ2n) is 5.02. The van der Waals surface area contributed by atoms with Gasteiger partial charge in [0, 0.05) is 31.5 Å². The molecule has 0 spiro atoms. The highest BCUT2D eigenvalue weighted by molar-refractivity contribution is 5.94. The Morgan fingerprint density at radius 3 is 2.86 bits per heavy atom. The van der Waals surface area contributed by atoms with Gasteiger partial charge in [-0.15, -0.1) is 0 Å². The van der Waals surface area contributed by atoms with Crippen LogP contribution in [0.5, 0.6) is 0 Å². The minimum atomic E-state index is -0.191. The topological polar surface area (TPSA) is 71.5 Å². The van der Waals surface area contributed by atoms with E-state index in [-0.39, 0.29) is 24.5 Å². The molecule has 1 rings (SSSR count). The monoisotopic (exact) mass is 290 g/mol. The van der Waals surface area contributed by atoms with Gasteiger partial charge in [0.2, 0.25) is 0 Å². The summed E-state index contributed by atoms with van der Waals surface area (Å²) < 4.78 is 5.11. The number of rotatable bonds is 6. The standard InChI is InChI=1S/C16H22N2O3/c1-12(2)15(11-21-3)18-16(20)14-8-13(9-17-10-14)6-4-5-7-19/h8-10,12,15,19H,5,7,11H2,1-3H3,(H,18,20). The SMILES string of the molecule is COCC(NC(=O)c1cncc(C#CCCO)c1)C(C)C. The number of carbonyl (C=O) groups is 1. The highest BCUT2D eigenvalue weighted by Gasteiger charge is 2.17. The molecule has 2 N–H and O–H groups in total. The molecular formula is C16H22N2O3. The minimum Gasteiger partial charge on any atom is -0.395 e. The van der Waals surface area contributed by atoms with Crippen LogP contribution in [0.3, 0.4) is 0 Å². The number of aromatic nitrogens is 1. The zero-order chi connectivity index (χ0) is 15.7. The predicted octanol–water partition coefficient (Wildman–Crippen LogP) is 1.22. The van der Waals surface area contributed by atoms with Crippen LogP contribution in [0, 0.1) is 17.8 Å². The minimum absolute atomic E-state index is 0.0215. The van der Waals surface area contributed by atoms with Crippen LogP contribution in [0.1, 0.15) is 36.2 Å². The molecule has 0 aromatic carbocycles. The lowest BCUT2D eigenvalue weighted by Crippen LogP contribution is -2.41. The summed E-state index contributed by atoms with van der Waals surface area (Å²) in [6.45, 7) is 4.54. The van der Waals surface area contributed by atoms with E-state index >= 15 is 0 Å². The third kappa shape index (κ3) is 5.94. The first-order valence-electron chi connectivity index (χ1n) is 6.93. The van der Waals surface area contributed by atoms with Crippen molar-refractivity contribution in [1.82, 2.24) is 10.3 Å². The van der Waals surface area contributed by atoms with Crippen LogP contribution in [0.15, 0.2) is 18.5 Å². The molecule has 0 aliphatic heterocycles. The molecule has 0 saturated heterocycles. The third-order valence-electron chi connectivity index (χ3n) is 2.94. The average Bonchev–Trinajstić information content (AvgIpc) is 2.47. The molecule has 0 bridgehead atoms. The van der Waals surface area contributed by atoms with Crippen molar-refractivity contribution in [2.24, 2.45) is 5.92 Å². The molecule has 1 aromatic heterocycles. The van der Waals surface area contributed by atoms with Gasteiger partial charge in [0.05, 0.1) is 24.8 Å². The number of methoxy groups -OCH3 is 1. The molecule has 1 aromatic rings. The highest BCUT2D eigenvalue weighted by Crippen LogP contribution is 2.06. The first-order valence-corrected chi connectivity index (χ1v) is 6.93. The van der Waals surface area contributed by atoms with Gasteiger partial charge in [-0.1, -0.05) is 25.7 Å². The number of carbonyl (C=O) groups excluding carboxylic acids is 1. The van der Waals surface area contributed by atoms with Crippen molar-refractivity contribution in [3.05, 3.63) is 29.6 Å². The average molecular weight is 290 g/mol. The predicted molar refractivity (Wildman–Crippen MR) is 80.8 cm³/mol. The van der Waals surface area contributed by atoms with Crippen molar-refractivity contribution in [3.63, 3.8) is 0 Å². The smallest absolute Gasteiger partial charge is 0.253 e. The van der Waals surface area contributed by atoms with Crippen LogP contribution < -0.4 is 5.32 Å². The number of hydrogen-bond acceptors (Lipinski definition) is 4. The Morgan fingerprint density at radius 1 is 1.48 bits per heavy atom. The van der Waals surface area contributed by atoms with Gasteiger partial charge in [0.1, 0.15) is 0 Å². The molecule has 0 radical (unpaired) electrons. The third-order valence-corrected chi connectivity index (χ3v) is 2.94.